The molecule has 4 amide bonds. The maximum atomic E-state index is 12.5. The Morgan fingerprint density at radius 3 is 2.95 bits per heavy atom. The zero-order valence-corrected chi connectivity index (χ0v) is 11.4. The highest BCUT2D eigenvalue weighted by molar-refractivity contribution is 6.08. The third kappa shape index (κ3) is 2.08. The number of likely N-dealkylation sites (tertiary alicyclic amines) is 1. The number of pyridine rings is 1. The van der Waals surface area contributed by atoms with Gasteiger partial charge in [-0.15, -0.1) is 0 Å². The molecule has 3 rings (SSSR count). The average molecular weight is 290 g/mol. The van der Waals surface area contributed by atoms with Crippen molar-refractivity contribution in [1.82, 2.24) is 20.5 Å². The first kappa shape index (κ1) is 13.3. The van der Waals surface area contributed by atoms with Gasteiger partial charge in [-0.2, -0.15) is 0 Å². The van der Waals surface area contributed by atoms with Gasteiger partial charge in [0, 0.05) is 12.7 Å². The zero-order valence-electron chi connectivity index (χ0n) is 11.4. The molecule has 1 unspecified atom stereocenters. The lowest BCUT2D eigenvalue weighted by molar-refractivity contribution is -0.123. The number of ether oxygens (including phenoxy) is 1. The zero-order chi connectivity index (χ0) is 15.0. The van der Waals surface area contributed by atoms with E-state index in [9.17, 15) is 14.4 Å². The molecule has 2 N–H and O–H groups in total. The van der Waals surface area contributed by atoms with Crippen molar-refractivity contribution in [2.75, 3.05) is 20.2 Å². The highest BCUT2D eigenvalue weighted by Crippen LogP contribution is 2.27. The van der Waals surface area contributed by atoms with Gasteiger partial charge in [0.05, 0.1) is 25.4 Å². The van der Waals surface area contributed by atoms with Crippen molar-refractivity contribution < 1.29 is 19.1 Å². The molecule has 1 aromatic heterocycles. The SMILES string of the molecule is COc1cnccc1C(=O)N1CCC2(C1)NC(=O)NC2=O. The van der Waals surface area contributed by atoms with E-state index >= 15 is 0 Å². The van der Waals surface area contributed by atoms with Gasteiger partial charge in [-0.3, -0.25) is 19.9 Å². The summed E-state index contributed by atoms with van der Waals surface area (Å²) in [6.45, 7) is 0.535. The minimum Gasteiger partial charge on any atom is -0.494 e. The summed E-state index contributed by atoms with van der Waals surface area (Å²) in [7, 11) is 1.46. The van der Waals surface area contributed by atoms with Crippen molar-refractivity contribution in [3.05, 3.63) is 24.0 Å². The van der Waals surface area contributed by atoms with Crippen LogP contribution >= 0.6 is 0 Å². The smallest absolute Gasteiger partial charge is 0.322 e. The van der Waals surface area contributed by atoms with Crippen LogP contribution in [0.5, 0.6) is 5.75 Å². The number of carbonyl (C=O) groups excluding carboxylic acids is 3. The first-order valence-corrected chi connectivity index (χ1v) is 6.46. The van der Waals surface area contributed by atoms with E-state index < -0.39 is 11.6 Å². The molecule has 8 nitrogen and oxygen atoms in total. The fourth-order valence-corrected chi connectivity index (χ4v) is 2.69. The molecular weight excluding hydrogens is 276 g/mol. The number of carbonyl (C=O) groups is 3. The van der Waals surface area contributed by atoms with E-state index in [0.29, 0.717) is 24.3 Å². The van der Waals surface area contributed by atoms with Crippen molar-refractivity contribution >= 4 is 17.8 Å². The number of aromatic nitrogens is 1. The molecule has 1 aromatic rings. The molecule has 1 atom stereocenters. The molecule has 2 aliphatic rings. The van der Waals surface area contributed by atoms with Crippen LogP contribution in [0.1, 0.15) is 16.8 Å². The molecule has 3 heterocycles. The maximum Gasteiger partial charge on any atom is 0.322 e. The van der Waals surface area contributed by atoms with Crippen LogP contribution in [0, 0.1) is 0 Å². The van der Waals surface area contributed by atoms with Crippen LogP contribution in [-0.2, 0) is 4.79 Å². The topological polar surface area (TPSA) is 101 Å². The lowest BCUT2D eigenvalue weighted by atomic mass is 9.99. The third-order valence-electron chi connectivity index (χ3n) is 3.81. The predicted molar refractivity (Wildman–Crippen MR) is 70.7 cm³/mol. The Morgan fingerprint density at radius 2 is 2.29 bits per heavy atom. The lowest BCUT2D eigenvalue weighted by Gasteiger charge is -2.21. The molecule has 0 saturated carbocycles. The van der Waals surface area contributed by atoms with Gasteiger partial charge in [-0.05, 0) is 12.5 Å². The number of hydrogen-bond acceptors (Lipinski definition) is 5. The lowest BCUT2D eigenvalue weighted by Crippen LogP contribution is -2.49. The third-order valence-corrected chi connectivity index (χ3v) is 3.81. The van der Waals surface area contributed by atoms with E-state index in [1.807, 2.05) is 0 Å². The van der Waals surface area contributed by atoms with Crippen LogP contribution in [0.25, 0.3) is 0 Å². The minimum atomic E-state index is -1.01. The molecule has 21 heavy (non-hydrogen) atoms. The fraction of sp³-hybridized carbons (Fsp3) is 0.385. The number of amides is 4. The Morgan fingerprint density at radius 1 is 1.48 bits per heavy atom. The van der Waals surface area contributed by atoms with E-state index in [-0.39, 0.29) is 18.4 Å². The van der Waals surface area contributed by atoms with Gasteiger partial charge in [-0.1, -0.05) is 0 Å². The number of rotatable bonds is 2. The van der Waals surface area contributed by atoms with Crippen molar-refractivity contribution in [1.29, 1.82) is 0 Å². The summed E-state index contributed by atoms with van der Waals surface area (Å²) in [5.41, 5.74) is -0.623. The maximum absolute atomic E-state index is 12.5. The standard InChI is InChI=1S/C13H14N4O4/c1-21-9-6-14-4-2-8(9)10(18)17-5-3-13(7-17)11(19)15-12(20)16-13/h2,4,6H,3,5,7H2,1H3,(H2,15,16,19,20). The van der Waals surface area contributed by atoms with Gasteiger partial charge in [0.1, 0.15) is 11.3 Å². The Bertz CT molecular complexity index is 632. The molecule has 0 aromatic carbocycles. The molecular formula is C13H14N4O4. The van der Waals surface area contributed by atoms with Crippen molar-refractivity contribution in [2.45, 2.75) is 12.0 Å². The molecule has 0 bridgehead atoms. The van der Waals surface area contributed by atoms with Gasteiger partial charge in [0.2, 0.25) is 0 Å². The Labute approximate surface area is 120 Å². The Kier molecular flexibility index (Phi) is 3.00. The highest BCUT2D eigenvalue weighted by atomic mass is 16.5. The van der Waals surface area contributed by atoms with E-state index in [2.05, 4.69) is 15.6 Å². The summed E-state index contributed by atoms with van der Waals surface area (Å²) in [6, 6.07) is 1.05. The normalized spacial score (nSPS) is 24.1. The van der Waals surface area contributed by atoms with Gasteiger partial charge in [0.25, 0.3) is 11.8 Å². The van der Waals surface area contributed by atoms with Crippen LogP contribution in [0.15, 0.2) is 18.5 Å². The molecule has 110 valence electrons. The van der Waals surface area contributed by atoms with Crippen LogP contribution in [0.3, 0.4) is 0 Å². The van der Waals surface area contributed by atoms with Crippen LogP contribution < -0.4 is 15.4 Å². The van der Waals surface area contributed by atoms with Crippen molar-refractivity contribution in [3.8, 4) is 5.75 Å². The van der Waals surface area contributed by atoms with Gasteiger partial charge < -0.3 is 15.0 Å². The molecule has 1 spiro atoms. The van der Waals surface area contributed by atoms with E-state index in [1.165, 1.54) is 24.4 Å². The monoisotopic (exact) mass is 290 g/mol. The predicted octanol–water partition coefficient (Wildman–Crippen LogP) is -0.486. The summed E-state index contributed by atoms with van der Waals surface area (Å²) >= 11 is 0. The van der Waals surface area contributed by atoms with Crippen LogP contribution in [0.4, 0.5) is 4.79 Å². The van der Waals surface area contributed by atoms with Gasteiger partial charge in [-0.25, -0.2) is 4.79 Å². The van der Waals surface area contributed by atoms with E-state index in [0.717, 1.165) is 0 Å². The average Bonchev–Trinajstić information content (AvgIpc) is 3.02. The van der Waals surface area contributed by atoms with Crippen LogP contribution in [0.2, 0.25) is 0 Å². The number of urea groups is 1. The number of methoxy groups -OCH3 is 1. The van der Waals surface area contributed by atoms with Crippen molar-refractivity contribution in [2.24, 2.45) is 0 Å². The molecule has 0 radical (unpaired) electrons. The Hall–Kier alpha value is -2.64. The van der Waals surface area contributed by atoms with E-state index in [4.69, 9.17) is 4.74 Å². The Balaban J connectivity index is 1.82. The summed E-state index contributed by atoms with van der Waals surface area (Å²) in [4.78, 5) is 41.1. The molecule has 2 aliphatic heterocycles. The van der Waals surface area contributed by atoms with Gasteiger partial charge in [0.15, 0.2) is 0 Å². The molecule has 8 heteroatoms. The summed E-state index contributed by atoms with van der Waals surface area (Å²) in [5, 5.41) is 4.82. The molecule has 2 fully saturated rings. The molecule has 0 aliphatic carbocycles. The second-order valence-corrected chi connectivity index (χ2v) is 5.04. The second-order valence-electron chi connectivity index (χ2n) is 5.04. The first-order valence-electron chi connectivity index (χ1n) is 6.46. The summed E-state index contributed by atoms with van der Waals surface area (Å²) in [5.74, 6) is -0.257. The van der Waals surface area contributed by atoms with Gasteiger partial charge >= 0.3 is 6.03 Å². The summed E-state index contributed by atoms with van der Waals surface area (Å²) < 4.78 is 5.12. The highest BCUT2D eigenvalue weighted by Gasteiger charge is 2.51. The molecule has 2 saturated heterocycles. The van der Waals surface area contributed by atoms with E-state index in [1.54, 1.807) is 6.07 Å². The number of hydrogen-bond donors (Lipinski definition) is 2. The summed E-state index contributed by atoms with van der Waals surface area (Å²) in [6.07, 6.45) is 3.36. The largest absolute Gasteiger partial charge is 0.494 e. The second kappa shape index (κ2) is 4.72. The quantitative estimate of drug-likeness (QED) is 0.716. The fourth-order valence-electron chi connectivity index (χ4n) is 2.69. The number of imide groups is 1. The van der Waals surface area contributed by atoms with Crippen LogP contribution in [-0.4, -0.2) is 53.5 Å². The minimum absolute atomic E-state index is 0.148. The number of nitrogens with zero attached hydrogens (tertiary/aromatic N) is 2. The van der Waals surface area contributed by atoms with Crippen molar-refractivity contribution in [3.63, 3.8) is 0 Å². The number of nitrogens with one attached hydrogen (secondary N) is 2. The first-order chi connectivity index (χ1) is 10.1.